The number of para-hydroxylation sites is 1. The summed E-state index contributed by atoms with van der Waals surface area (Å²) in [6.07, 6.45) is 0. The molecule has 6 nitrogen and oxygen atoms in total. The van der Waals surface area contributed by atoms with Gasteiger partial charge in [-0.2, -0.15) is 9.61 Å². The highest BCUT2D eigenvalue weighted by atomic mass is 35.5. The monoisotopic (exact) mass is 372 g/mol. The summed E-state index contributed by atoms with van der Waals surface area (Å²) in [7, 11) is 0. The zero-order valence-electron chi connectivity index (χ0n) is 12.6. The molecule has 4 aromatic rings. The molecule has 4 rings (SSSR count). The fourth-order valence-electron chi connectivity index (χ4n) is 2.80. The molecule has 0 radical (unpaired) electrons. The first kappa shape index (κ1) is 15.7. The molecule has 0 saturated carbocycles. The van der Waals surface area contributed by atoms with E-state index in [0.29, 0.717) is 26.5 Å². The van der Waals surface area contributed by atoms with Crippen molar-refractivity contribution in [2.75, 3.05) is 0 Å². The molecule has 0 bridgehead atoms. The number of rotatable bonds is 2. The van der Waals surface area contributed by atoms with Gasteiger partial charge in [-0.15, -0.1) is 0 Å². The number of primary amides is 1. The molecule has 124 valence electrons. The highest BCUT2D eigenvalue weighted by Gasteiger charge is 2.23. The smallest absolute Gasteiger partial charge is 0.282 e. The van der Waals surface area contributed by atoms with E-state index in [1.807, 2.05) is 0 Å². The Kier molecular flexibility index (Phi) is 3.52. The number of H-pyrrole nitrogens is 1. The predicted octanol–water partition coefficient (Wildman–Crippen LogP) is 3.25. The summed E-state index contributed by atoms with van der Waals surface area (Å²) in [6.45, 7) is 0. The predicted molar refractivity (Wildman–Crippen MR) is 97.3 cm³/mol. The summed E-state index contributed by atoms with van der Waals surface area (Å²) in [6, 6.07) is 11.7. The van der Waals surface area contributed by atoms with Gasteiger partial charge >= 0.3 is 0 Å². The second kappa shape index (κ2) is 5.61. The van der Waals surface area contributed by atoms with Crippen molar-refractivity contribution >= 4 is 45.7 Å². The van der Waals surface area contributed by atoms with Crippen LogP contribution in [0.1, 0.15) is 10.4 Å². The SMILES string of the molecule is NC(=O)c1c(-c2ccc(Cl)cc2Cl)nn2c(=O)c3ccccc3[nH]c12. The molecular formula is C17H10Cl2N4O2. The third kappa shape index (κ3) is 2.38. The molecule has 2 aromatic carbocycles. The van der Waals surface area contributed by atoms with Crippen molar-refractivity contribution in [3.63, 3.8) is 0 Å². The molecular weight excluding hydrogens is 363 g/mol. The topological polar surface area (TPSA) is 93.2 Å². The average Bonchev–Trinajstić information content (AvgIpc) is 2.94. The van der Waals surface area contributed by atoms with Gasteiger partial charge in [0.25, 0.3) is 11.5 Å². The lowest BCUT2D eigenvalue weighted by Crippen LogP contribution is -2.17. The van der Waals surface area contributed by atoms with E-state index in [9.17, 15) is 9.59 Å². The molecule has 1 amide bonds. The molecule has 25 heavy (non-hydrogen) atoms. The van der Waals surface area contributed by atoms with Crippen LogP contribution in [0.25, 0.3) is 27.8 Å². The van der Waals surface area contributed by atoms with Crippen LogP contribution in [0.4, 0.5) is 0 Å². The van der Waals surface area contributed by atoms with Gasteiger partial charge in [-0.1, -0.05) is 35.3 Å². The Labute approximate surface area is 150 Å². The van der Waals surface area contributed by atoms with Crippen LogP contribution < -0.4 is 11.3 Å². The lowest BCUT2D eigenvalue weighted by atomic mass is 10.1. The number of nitrogens with two attached hydrogens (primary N) is 1. The number of fused-ring (bicyclic) bond motifs is 2. The lowest BCUT2D eigenvalue weighted by molar-refractivity contribution is 0.100. The Morgan fingerprint density at radius 3 is 2.64 bits per heavy atom. The van der Waals surface area contributed by atoms with Gasteiger partial charge in [0.05, 0.1) is 15.9 Å². The molecule has 0 spiro atoms. The van der Waals surface area contributed by atoms with E-state index >= 15 is 0 Å². The highest BCUT2D eigenvalue weighted by Crippen LogP contribution is 2.32. The minimum Gasteiger partial charge on any atom is -0.365 e. The van der Waals surface area contributed by atoms with E-state index in [-0.39, 0.29) is 22.5 Å². The molecule has 0 unspecified atom stereocenters. The molecule has 0 aliphatic rings. The maximum Gasteiger partial charge on any atom is 0.282 e. The number of aromatic nitrogens is 3. The second-order valence-corrected chi connectivity index (χ2v) is 6.29. The minimum absolute atomic E-state index is 0.0899. The first-order chi connectivity index (χ1) is 12.0. The first-order valence-corrected chi connectivity index (χ1v) is 8.02. The van der Waals surface area contributed by atoms with Gasteiger partial charge in [0.15, 0.2) is 5.65 Å². The van der Waals surface area contributed by atoms with Crippen molar-refractivity contribution in [2.24, 2.45) is 5.73 Å². The molecule has 3 N–H and O–H groups in total. The van der Waals surface area contributed by atoms with E-state index in [1.54, 1.807) is 36.4 Å². The number of amides is 1. The molecule has 0 aliphatic heterocycles. The first-order valence-electron chi connectivity index (χ1n) is 7.26. The minimum atomic E-state index is -0.720. The van der Waals surface area contributed by atoms with Crippen LogP contribution in [0.3, 0.4) is 0 Å². The van der Waals surface area contributed by atoms with Crippen molar-refractivity contribution in [2.45, 2.75) is 0 Å². The Balaban J connectivity index is 2.17. The van der Waals surface area contributed by atoms with Crippen molar-refractivity contribution in [1.82, 2.24) is 14.6 Å². The molecule has 2 heterocycles. The number of hydrogen-bond acceptors (Lipinski definition) is 3. The lowest BCUT2D eigenvalue weighted by Gasteiger charge is -2.03. The van der Waals surface area contributed by atoms with Gasteiger partial charge in [0.2, 0.25) is 0 Å². The molecule has 2 aromatic heterocycles. The van der Waals surface area contributed by atoms with E-state index in [4.69, 9.17) is 28.9 Å². The van der Waals surface area contributed by atoms with Crippen molar-refractivity contribution in [3.8, 4) is 11.3 Å². The summed E-state index contributed by atoms with van der Waals surface area (Å²) in [5, 5.41) is 5.48. The van der Waals surface area contributed by atoms with Crippen LogP contribution in [-0.2, 0) is 0 Å². The van der Waals surface area contributed by atoms with E-state index in [1.165, 1.54) is 6.07 Å². The Morgan fingerprint density at radius 2 is 1.92 bits per heavy atom. The van der Waals surface area contributed by atoms with Gasteiger partial charge in [-0.3, -0.25) is 9.59 Å². The van der Waals surface area contributed by atoms with Crippen LogP contribution in [0.15, 0.2) is 47.3 Å². The fourth-order valence-corrected chi connectivity index (χ4v) is 3.30. The van der Waals surface area contributed by atoms with Gasteiger partial charge in [-0.25, -0.2) is 0 Å². The average molecular weight is 373 g/mol. The Morgan fingerprint density at radius 1 is 1.16 bits per heavy atom. The van der Waals surface area contributed by atoms with Crippen LogP contribution in [-0.4, -0.2) is 20.5 Å². The molecule has 0 saturated heterocycles. The number of carbonyl (C=O) groups excluding carboxylic acids is 1. The zero-order chi connectivity index (χ0) is 17.7. The number of benzene rings is 2. The normalized spacial score (nSPS) is 11.3. The third-order valence-electron chi connectivity index (χ3n) is 3.92. The number of carbonyl (C=O) groups is 1. The largest absolute Gasteiger partial charge is 0.365 e. The van der Waals surface area contributed by atoms with Gasteiger partial charge in [0.1, 0.15) is 11.3 Å². The van der Waals surface area contributed by atoms with E-state index in [0.717, 1.165) is 4.52 Å². The number of nitrogens with one attached hydrogen (secondary N) is 1. The van der Waals surface area contributed by atoms with Crippen LogP contribution >= 0.6 is 23.2 Å². The summed E-state index contributed by atoms with van der Waals surface area (Å²) in [4.78, 5) is 27.8. The van der Waals surface area contributed by atoms with Gasteiger partial charge in [-0.05, 0) is 30.3 Å². The fraction of sp³-hybridized carbons (Fsp3) is 0. The van der Waals surface area contributed by atoms with E-state index in [2.05, 4.69) is 10.1 Å². The maximum atomic E-state index is 12.7. The van der Waals surface area contributed by atoms with Crippen molar-refractivity contribution < 1.29 is 4.79 Å². The van der Waals surface area contributed by atoms with Gasteiger partial charge in [0, 0.05) is 10.6 Å². The zero-order valence-corrected chi connectivity index (χ0v) is 14.1. The Hall–Kier alpha value is -2.83. The second-order valence-electron chi connectivity index (χ2n) is 5.45. The van der Waals surface area contributed by atoms with Gasteiger partial charge < -0.3 is 10.7 Å². The van der Waals surface area contributed by atoms with Crippen LogP contribution in [0.5, 0.6) is 0 Å². The van der Waals surface area contributed by atoms with Crippen molar-refractivity contribution in [3.05, 3.63) is 68.4 Å². The maximum absolute atomic E-state index is 12.7. The number of halogens is 2. The summed E-state index contributed by atoms with van der Waals surface area (Å²) in [5.41, 5.74) is 6.76. The molecule has 0 fully saturated rings. The quantitative estimate of drug-likeness (QED) is 0.565. The third-order valence-corrected chi connectivity index (χ3v) is 4.47. The number of hydrogen-bond donors (Lipinski definition) is 2. The van der Waals surface area contributed by atoms with Crippen LogP contribution in [0.2, 0.25) is 10.0 Å². The summed E-state index contributed by atoms with van der Waals surface area (Å²) >= 11 is 12.2. The molecule has 0 aliphatic carbocycles. The van der Waals surface area contributed by atoms with Crippen molar-refractivity contribution in [1.29, 1.82) is 0 Å². The summed E-state index contributed by atoms with van der Waals surface area (Å²) in [5.74, 6) is -0.720. The molecule has 8 heteroatoms. The van der Waals surface area contributed by atoms with E-state index < -0.39 is 5.91 Å². The Bertz CT molecular complexity index is 1230. The standard InChI is InChI=1S/C17H10Cl2N4O2/c18-8-5-6-9(11(19)7-8)14-13(15(20)24)16-21-12-4-2-1-3-10(12)17(25)23(16)22-14/h1-7,21H,(H2,20,24). The highest BCUT2D eigenvalue weighted by molar-refractivity contribution is 6.36. The molecule has 0 atom stereocenters. The summed E-state index contributed by atoms with van der Waals surface area (Å²) < 4.78 is 1.13. The number of aromatic amines is 1. The van der Waals surface area contributed by atoms with Crippen LogP contribution in [0, 0.1) is 0 Å². The number of nitrogens with zero attached hydrogens (tertiary/aromatic N) is 2.